The third-order valence-electron chi connectivity index (χ3n) is 13.0. The zero-order chi connectivity index (χ0) is 38.9. The van der Waals surface area contributed by atoms with Crippen LogP contribution in [0.15, 0.2) is 190 Å². The molecule has 3 heterocycles. The monoisotopic (exact) mass is 762 g/mol. The van der Waals surface area contributed by atoms with E-state index in [1.807, 2.05) is 12.1 Å². The van der Waals surface area contributed by atoms with Gasteiger partial charge >= 0.3 is 0 Å². The summed E-state index contributed by atoms with van der Waals surface area (Å²) in [6.45, 7) is 0. The van der Waals surface area contributed by atoms with E-state index in [0.717, 1.165) is 64.9 Å². The van der Waals surface area contributed by atoms with Crippen LogP contribution in [0.4, 0.5) is 0 Å². The average molecular weight is 763 g/mol. The summed E-state index contributed by atoms with van der Waals surface area (Å²) < 4.78 is 8.65. The summed E-state index contributed by atoms with van der Waals surface area (Å²) in [7, 11) is 0. The molecule has 0 radical (unpaired) electrons. The zero-order valence-electron chi connectivity index (χ0n) is 32.6. The third kappa shape index (κ3) is 5.67. The Morgan fingerprint density at radius 2 is 1.51 bits per heavy atom. The van der Waals surface area contributed by atoms with E-state index in [4.69, 9.17) is 14.4 Å². The molecule has 1 N–H and O–H groups in total. The van der Waals surface area contributed by atoms with Gasteiger partial charge in [-0.05, 0) is 96.0 Å². The second kappa shape index (κ2) is 13.8. The number of aromatic nitrogens is 1. The first-order chi connectivity index (χ1) is 29.2. The van der Waals surface area contributed by atoms with Crippen molar-refractivity contribution < 1.29 is 4.42 Å². The molecular formula is C54H42N4O. The first-order valence-corrected chi connectivity index (χ1v) is 21.0. The Hall–Kier alpha value is -6.98. The lowest BCUT2D eigenvalue weighted by molar-refractivity contribution is 0.512. The summed E-state index contributed by atoms with van der Waals surface area (Å²) in [5, 5.41) is 8.52. The molecular weight excluding hydrogens is 721 g/mol. The smallest absolute Gasteiger partial charge is 0.150 e. The van der Waals surface area contributed by atoms with E-state index in [9.17, 15) is 0 Å². The third-order valence-corrected chi connectivity index (χ3v) is 13.0. The van der Waals surface area contributed by atoms with Crippen molar-refractivity contribution in [1.29, 1.82) is 0 Å². The molecule has 0 amide bonds. The van der Waals surface area contributed by atoms with Gasteiger partial charge in [0.25, 0.3) is 0 Å². The maximum absolute atomic E-state index is 6.17. The summed E-state index contributed by atoms with van der Waals surface area (Å²) >= 11 is 0. The lowest BCUT2D eigenvalue weighted by Crippen LogP contribution is -2.42. The van der Waals surface area contributed by atoms with Gasteiger partial charge in [0.2, 0.25) is 0 Å². The number of amidine groups is 2. The number of hydrogen-bond acceptors (Lipinski definition) is 4. The van der Waals surface area contributed by atoms with Crippen LogP contribution >= 0.6 is 0 Å². The fourth-order valence-corrected chi connectivity index (χ4v) is 10.1. The van der Waals surface area contributed by atoms with Crippen LogP contribution in [0.5, 0.6) is 0 Å². The molecule has 0 saturated carbocycles. The summed E-state index contributed by atoms with van der Waals surface area (Å²) in [5.74, 6) is 2.46. The van der Waals surface area contributed by atoms with Crippen molar-refractivity contribution in [1.82, 2.24) is 9.88 Å². The molecule has 6 aromatic carbocycles. The number of benzene rings is 6. The van der Waals surface area contributed by atoms with Crippen LogP contribution in [0.3, 0.4) is 0 Å². The number of para-hydroxylation sites is 2. The fourth-order valence-electron chi connectivity index (χ4n) is 10.1. The van der Waals surface area contributed by atoms with Gasteiger partial charge in [0.1, 0.15) is 22.8 Å². The summed E-state index contributed by atoms with van der Waals surface area (Å²) in [6.07, 6.45) is 19.4. The Balaban J connectivity index is 0.932. The van der Waals surface area contributed by atoms with Crippen LogP contribution in [0.1, 0.15) is 47.4 Å². The molecule has 59 heavy (non-hydrogen) atoms. The minimum Gasteiger partial charge on any atom is -0.456 e. The molecule has 0 fully saturated rings. The number of furan rings is 1. The largest absolute Gasteiger partial charge is 0.456 e. The number of allylic oxidation sites excluding steroid dienone is 6. The molecule has 12 rings (SSSR count). The van der Waals surface area contributed by atoms with E-state index in [1.165, 1.54) is 55.3 Å². The molecule has 4 unspecified atom stereocenters. The van der Waals surface area contributed by atoms with Gasteiger partial charge in [0, 0.05) is 50.6 Å². The molecule has 8 aromatic rings. The average Bonchev–Trinajstić information content (AvgIpc) is 3.79. The van der Waals surface area contributed by atoms with Crippen molar-refractivity contribution in [3.63, 3.8) is 0 Å². The van der Waals surface area contributed by atoms with Gasteiger partial charge in [-0.3, -0.25) is 0 Å². The molecule has 4 aliphatic rings. The Labute approximate surface area is 343 Å². The summed E-state index contributed by atoms with van der Waals surface area (Å²) in [5.41, 5.74) is 13.5. The summed E-state index contributed by atoms with van der Waals surface area (Å²) in [4.78, 5) is 10.7. The van der Waals surface area contributed by atoms with Gasteiger partial charge in [0.15, 0.2) is 6.17 Å². The normalized spacial score (nSPS) is 21.2. The first-order valence-electron chi connectivity index (χ1n) is 21.0. The highest BCUT2D eigenvalue weighted by Crippen LogP contribution is 2.47. The van der Waals surface area contributed by atoms with E-state index >= 15 is 0 Å². The maximum atomic E-state index is 6.17. The van der Waals surface area contributed by atoms with Crippen LogP contribution in [-0.2, 0) is 6.42 Å². The fraction of sp³-hybridized carbons (Fsp3) is 0.148. The Kier molecular flexibility index (Phi) is 8.00. The molecule has 4 atom stereocenters. The Morgan fingerprint density at radius 3 is 2.39 bits per heavy atom. The standard InChI is InChI=1S/C54H42N4O/c1-3-13-34(14-4-1)40-30-25-35-26-31-47-51(50(35)43-19-8-7-17-41(40)43)44-20-9-11-21-46(44)58(47)39-28-23-37(24-29-39)53-55-52(36-15-5-2-6-16-36)56-54(57-53)38-27-32-49-45(33-38)42-18-10-12-22-48(42)59-49/h1-15,17-23,26-29,31-33,36-37,40,53H,16,24-25,30H2,(H,55,56,57). The highest BCUT2D eigenvalue weighted by Gasteiger charge is 2.30. The van der Waals surface area contributed by atoms with Crippen LogP contribution in [0.25, 0.3) is 60.6 Å². The lowest BCUT2D eigenvalue weighted by atomic mass is 9.85. The van der Waals surface area contributed by atoms with Gasteiger partial charge in [-0.2, -0.15) is 0 Å². The molecule has 5 nitrogen and oxygen atoms in total. The van der Waals surface area contributed by atoms with Crippen molar-refractivity contribution in [2.24, 2.45) is 21.8 Å². The van der Waals surface area contributed by atoms with Crippen molar-refractivity contribution in [3.05, 3.63) is 198 Å². The molecule has 0 saturated heterocycles. The van der Waals surface area contributed by atoms with E-state index in [-0.39, 0.29) is 18.0 Å². The molecule has 0 bridgehead atoms. The first kappa shape index (κ1) is 34.1. The van der Waals surface area contributed by atoms with Crippen molar-refractivity contribution in [2.45, 2.75) is 37.8 Å². The summed E-state index contributed by atoms with van der Waals surface area (Å²) in [6, 6.07) is 48.5. The van der Waals surface area contributed by atoms with E-state index in [1.54, 1.807) is 0 Å². The van der Waals surface area contributed by atoms with Crippen LogP contribution in [0, 0.1) is 11.8 Å². The molecule has 0 spiro atoms. The number of hydrogen-bond donors (Lipinski definition) is 1. The Morgan fingerprint density at radius 1 is 0.678 bits per heavy atom. The van der Waals surface area contributed by atoms with Crippen LogP contribution < -0.4 is 5.32 Å². The number of aliphatic imine (C=N–C) groups is 2. The van der Waals surface area contributed by atoms with Gasteiger partial charge in [-0.25, -0.2) is 9.98 Å². The quantitative estimate of drug-likeness (QED) is 0.190. The van der Waals surface area contributed by atoms with E-state index in [0.29, 0.717) is 5.92 Å². The highest BCUT2D eigenvalue weighted by molar-refractivity contribution is 6.18. The predicted molar refractivity (Wildman–Crippen MR) is 244 cm³/mol. The zero-order valence-corrected chi connectivity index (χ0v) is 32.6. The SMILES string of the molecule is C1=CCC(C2=NC(C3C=CC(n4c5ccccc5c5c6c(ccc54)CCC(c4ccccc4)c4ccccc4-6)=CC3)N=C(c3ccc4oc5ccccc5c4c3)N2)C=C1. The number of nitrogens with zero attached hydrogens (tertiary/aromatic N) is 3. The topological polar surface area (TPSA) is 54.8 Å². The number of rotatable bonds is 5. The van der Waals surface area contributed by atoms with Gasteiger partial charge in [-0.15, -0.1) is 0 Å². The maximum Gasteiger partial charge on any atom is 0.150 e. The van der Waals surface area contributed by atoms with E-state index in [2.05, 4.69) is 174 Å². The Bertz CT molecular complexity index is 3170. The molecule has 284 valence electrons. The van der Waals surface area contributed by atoms with Crippen molar-refractivity contribution in [3.8, 4) is 11.1 Å². The minimum absolute atomic E-state index is 0.110. The second-order valence-corrected chi connectivity index (χ2v) is 16.3. The van der Waals surface area contributed by atoms with Crippen molar-refractivity contribution in [2.75, 3.05) is 0 Å². The van der Waals surface area contributed by atoms with E-state index < -0.39 is 0 Å². The predicted octanol–water partition coefficient (Wildman–Crippen LogP) is 12.8. The second-order valence-electron chi connectivity index (χ2n) is 16.3. The van der Waals surface area contributed by atoms with Crippen LogP contribution in [0.2, 0.25) is 0 Å². The number of fused-ring (bicyclic) bond motifs is 10. The molecule has 2 aromatic heterocycles. The number of nitrogens with one attached hydrogen (secondary N) is 1. The van der Waals surface area contributed by atoms with Crippen molar-refractivity contribution >= 4 is 61.1 Å². The lowest BCUT2D eigenvalue weighted by Gasteiger charge is -2.29. The molecule has 5 heteroatoms. The van der Waals surface area contributed by atoms with Gasteiger partial charge in [-0.1, -0.05) is 134 Å². The molecule has 3 aliphatic carbocycles. The molecule has 1 aliphatic heterocycles. The van der Waals surface area contributed by atoms with Crippen LogP contribution in [-0.4, -0.2) is 22.4 Å². The highest BCUT2D eigenvalue weighted by atomic mass is 16.3. The van der Waals surface area contributed by atoms with Gasteiger partial charge < -0.3 is 14.3 Å². The minimum atomic E-state index is -0.255. The van der Waals surface area contributed by atoms with Gasteiger partial charge in [0.05, 0.1) is 11.0 Å². The number of aryl methyl sites for hydroxylation is 1.